The Labute approximate surface area is 142 Å². The molecule has 1 aliphatic heterocycles. The van der Waals surface area contributed by atoms with Crippen LogP contribution in [0.4, 0.5) is 5.69 Å². The molecule has 1 atom stereocenters. The van der Waals surface area contributed by atoms with Crippen LogP contribution in [0.3, 0.4) is 0 Å². The van der Waals surface area contributed by atoms with Crippen molar-refractivity contribution < 1.29 is 19.1 Å². The molecule has 1 aromatic rings. The van der Waals surface area contributed by atoms with Gasteiger partial charge < -0.3 is 9.64 Å². The van der Waals surface area contributed by atoms with Crippen LogP contribution in [0.15, 0.2) is 24.3 Å². The van der Waals surface area contributed by atoms with E-state index in [1.54, 1.807) is 4.90 Å². The molecule has 2 rings (SSSR count). The fraction of sp³-hybridized carbons (Fsp3) is 0.500. The van der Waals surface area contributed by atoms with Crippen molar-refractivity contribution in [1.29, 1.82) is 0 Å². The largest absolute Gasteiger partial charge is 0.459 e. The molecule has 24 heavy (non-hydrogen) atoms. The van der Waals surface area contributed by atoms with Crippen molar-refractivity contribution in [3.05, 3.63) is 29.8 Å². The number of anilines is 1. The minimum atomic E-state index is -0.506. The van der Waals surface area contributed by atoms with Gasteiger partial charge in [-0.15, -0.1) is 0 Å². The Bertz CT molecular complexity index is 631. The van der Waals surface area contributed by atoms with Crippen LogP contribution in [0.1, 0.15) is 45.1 Å². The highest BCUT2D eigenvalue weighted by Gasteiger charge is 2.27. The standard InChI is InChI=1S/C18H24N2O4/c1-18(2,3)24-16(22)11-20(4)13-7-5-12(6-8-13)14-9-10-15(21)19-17(14)23/h5-8,14H,9-11H2,1-4H3,(H,19,21,23). The minimum Gasteiger partial charge on any atom is -0.459 e. The van der Waals surface area contributed by atoms with Crippen LogP contribution in [0.2, 0.25) is 0 Å². The van der Waals surface area contributed by atoms with Gasteiger partial charge >= 0.3 is 5.97 Å². The summed E-state index contributed by atoms with van der Waals surface area (Å²) < 4.78 is 5.31. The molecular formula is C18H24N2O4. The molecule has 130 valence electrons. The maximum Gasteiger partial charge on any atom is 0.326 e. The summed E-state index contributed by atoms with van der Waals surface area (Å²) >= 11 is 0. The van der Waals surface area contributed by atoms with Gasteiger partial charge in [-0.05, 0) is 44.9 Å². The number of carbonyl (C=O) groups is 3. The number of amides is 2. The van der Waals surface area contributed by atoms with Gasteiger partial charge in [-0.1, -0.05) is 12.1 Å². The third kappa shape index (κ3) is 4.81. The van der Waals surface area contributed by atoms with E-state index in [0.29, 0.717) is 12.8 Å². The zero-order valence-electron chi connectivity index (χ0n) is 14.6. The van der Waals surface area contributed by atoms with Crippen molar-refractivity contribution in [2.24, 2.45) is 0 Å². The fourth-order valence-corrected chi connectivity index (χ4v) is 2.63. The van der Waals surface area contributed by atoms with Gasteiger partial charge in [-0.25, -0.2) is 0 Å². The summed E-state index contributed by atoms with van der Waals surface area (Å²) in [5, 5.41) is 2.36. The number of hydrogen-bond acceptors (Lipinski definition) is 5. The quantitative estimate of drug-likeness (QED) is 0.674. The number of benzene rings is 1. The number of esters is 1. The zero-order valence-corrected chi connectivity index (χ0v) is 14.6. The van der Waals surface area contributed by atoms with Gasteiger partial charge in [0.05, 0.1) is 5.92 Å². The molecule has 6 heteroatoms. The summed E-state index contributed by atoms with van der Waals surface area (Å²) in [6, 6.07) is 7.45. The number of hydrogen-bond donors (Lipinski definition) is 1. The minimum absolute atomic E-state index is 0.148. The van der Waals surface area contributed by atoms with E-state index in [2.05, 4.69) is 5.32 Å². The van der Waals surface area contributed by atoms with Gasteiger partial charge in [0.15, 0.2) is 0 Å². The van der Waals surface area contributed by atoms with Gasteiger partial charge in [0.2, 0.25) is 11.8 Å². The van der Waals surface area contributed by atoms with Crippen molar-refractivity contribution in [3.8, 4) is 0 Å². The Hall–Kier alpha value is -2.37. The number of carbonyl (C=O) groups excluding carboxylic acids is 3. The van der Waals surface area contributed by atoms with E-state index in [0.717, 1.165) is 11.3 Å². The Morgan fingerprint density at radius 3 is 2.42 bits per heavy atom. The lowest BCUT2D eigenvalue weighted by atomic mass is 9.90. The topological polar surface area (TPSA) is 75.7 Å². The van der Waals surface area contributed by atoms with Gasteiger partial charge in [0.25, 0.3) is 0 Å². The molecule has 1 aromatic carbocycles. The number of nitrogens with zero attached hydrogens (tertiary/aromatic N) is 1. The highest BCUT2D eigenvalue weighted by Crippen LogP contribution is 2.26. The maximum atomic E-state index is 11.9. The molecule has 0 aromatic heterocycles. The van der Waals surface area contributed by atoms with E-state index in [4.69, 9.17) is 4.74 Å². The SMILES string of the molecule is CN(CC(=O)OC(C)(C)C)c1ccc(C2CCC(=O)NC2=O)cc1. The molecule has 0 radical (unpaired) electrons. The lowest BCUT2D eigenvalue weighted by Gasteiger charge is -2.24. The second-order valence-corrected chi connectivity index (χ2v) is 7.04. The van der Waals surface area contributed by atoms with E-state index in [9.17, 15) is 14.4 Å². The molecule has 0 bridgehead atoms. The second kappa shape index (κ2) is 7.03. The van der Waals surface area contributed by atoms with Crippen molar-refractivity contribution in [2.75, 3.05) is 18.5 Å². The van der Waals surface area contributed by atoms with Crippen LogP contribution in [0.25, 0.3) is 0 Å². The Morgan fingerprint density at radius 1 is 1.25 bits per heavy atom. The molecule has 0 aliphatic carbocycles. The van der Waals surface area contributed by atoms with Crippen LogP contribution in [-0.2, 0) is 19.1 Å². The Morgan fingerprint density at radius 2 is 1.88 bits per heavy atom. The van der Waals surface area contributed by atoms with Crippen LogP contribution < -0.4 is 10.2 Å². The number of imide groups is 1. The highest BCUT2D eigenvalue weighted by molar-refractivity contribution is 6.00. The summed E-state index contributed by atoms with van der Waals surface area (Å²) in [5.41, 5.74) is 1.22. The third-order valence-electron chi connectivity index (χ3n) is 3.76. The van der Waals surface area contributed by atoms with Crippen molar-refractivity contribution >= 4 is 23.5 Å². The number of ether oxygens (including phenoxy) is 1. The van der Waals surface area contributed by atoms with Crippen LogP contribution in [0, 0.1) is 0 Å². The smallest absolute Gasteiger partial charge is 0.326 e. The molecule has 6 nitrogen and oxygen atoms in total. The molecule has 1 fully saturated rings. The van der Waals surface area contributed by atoms with E-state index in [-0.39, 0.29) is 30.2 Å². The first kappa shape index (κ1) is 18.0. The molecule has 1 N–H and O–H groups in total. The van der Waals surface area contributed by atoms with Gasteiger partial charge in [-0.3, -0.25) is 19.7 Å². The van der Waals surface area contributed by atoms with Crippen molar-refractivity contribution in [3.63, 3.8) is 0 Å². The lowest BCUT2D eigenvalue weighted by molar-refractivity contribution is -0.153. The summed E-state index contributed by atoms with van der Waals surface area (Å²) in [6.45, 7) is 5.65. The first-order valence-corrected chi connectivity index (χ1v) is 8.02. The molecule has 1 saturated heterocycles. The summed E-state index contributed by atoms with van der Waals surface area (Å²) in [5.74, 6) is -1.06. The number of piperidine rings is 1. The first-order chi connectivity index (χ1) is 11.2. The van der Waals surface area contributed by atoms with Crippen LogP contribution in [0.5, 0.6) is 0 Å². The predicted molar refractivity (Wildman–Crippen MR) is 90.7 cm³/mol. The van der Waals surface area contributed by atoms with Crippen molar-refractivity contribution in [2.45, 2.75) is 45.1 Å². The molecule has 1 unspecified atom stereocenters. The van der Waals surface area contributed by atoms with Gasteiger partial charge in [-0.2, -0.15) is 0 Å². The molecule has 0 spiro atoms. The average molecular weight is 332 g/mol. The first-order valence-electron chi connectivity index (χ1n) is 8.02. The monoisotopic (exact) mass is 332 g/mol. The third-order valence-corrected chi connectivity index (χ3v) is 3.76. The number of nitrogens with one attached hydrogen (secondary N) is 1. The molecule has 0 saturated carbocycles. The molecule has 1 heterocycles. The van der Waals surface area contributed by atoms with Crippen LogP contribution >= 0.6 is 0 Å². The predicted octanol–water partition coefficient (Wildman–Crippen LogP) is 1.98. The highest BCUT2D eigenvalue weighted by atomic mass is 16.6. The second-order valence-electron chi connectivity index (χ2n) is 7.04. The molecule has 2 amide bonds. The maximum absolute atomic E-state index is 11.9. The normalized spacial score (nSPS) is 18.1. The van der Waals surface area contributed by atoms with E-state index < -0.39 is 5.60 Å². The van der Waals surface area contributed by atoms with Crippen molar-refractivity contribution in [1.82, 2.24) is 5.32 Å². The Kier molecular flexibility index (Phi) is 5.26. The van der Waals surface area contributed by atoms with Gasteiger partial charge in [0, 0.05) is 19.2 Å². The van der Waals surface area contributed by atoms with Crippen LogP contribution in [-0.4, -0.2) is 37.0 Å². The molecular weight excluding hydrogens is 308 g/mol. The Balaban J connectivity index is 2.00. The number of rotatable bonds is 4. The summed E-state index contributed by atoms with van der Waals surface area (Å²) in [6.07, 6.45) is 0.883. The fourth-order valence-electron chi connectivity index (χ4n) is 2.63. The van der Waals surface area contributed by atoms with E-state index >= 15 is 0 Å². The average Bonchev–Trinajstić information content (AvgIpc) is 2.45. The number of likely N-dealkylation sites (N-methyl/N-ethyl adjacent to an activating group) is 1. The van der Waals surface area contributed by atoms with E-state index in [1.807, 2.05) is 52.1 Å². The zero-order chi connectivity index (χ0) is 17.9. The molecule has 1 aliphatic rings. The summed E-state index contributed by atoms with van der Waals surface area (Å²) in [7, 11) is 1.81. The van der Waals surface area contributed by atoms with Gasteiger partial charge in [0.1, 0.15) is 12.1 Å². The lowest BCUT2D eigenvalue weighted by Crippen LogP contribution is -2.39. The summed E-state index contributed by atoms with van der Waals surface area (Å²) in [4.78, 5) is 36.8. The van der Waals surface area contributed by atoms with E-state index in [1.165, 1.54) is 0 Å².